The molecular formula is C16H23N3O2. The van der Waals surface area contributed by atoms with Crippen molar-refractivity contribution in [2.45, 2.75) is 33.0 Å². The summed E-state index contributed by atoms with van der Waals surface area (Å²) in [4.78, 5) is 0. The van der Waals surface area contributed by atoms with Crippen LogP contribution in [0.4, 0.5) is 0 Å². The first kappa shape index (κ1) is 15.4. The molecule has 114 valence electrons. The van der Waals surface area contributed by atoms with Crippen LogP contribution in [0.1, 0.15) is 25.0 Å². The molecule has 0 aliphatic carbocycles. The molecule has 0 spiro atoms. The third-order valence-electron chi connectivity index (χ3n) is 3.10. The van der Waals surface area contributed by atoms with E-state index in [0.29, 0.717) is 12.6 Å². The number of methoxy groups -OCH3 is 1. The Bertz CT molecular complexity index is 579. The molecule has 1 aromatic heterocycles. The summed E-state index contributed by atoms with van der Waals surface area (Å²) in [6.07, 6.45) is 3.74. The van der Waals surface area contributed by atoms with Crippen molar-refractivity contribution >= 4 is 0 Å². The summed E-state index contributed by atoms with van der Waals surface area (Å²) >= 11 is 0. The average molecular weight is 289 g/mol. The fourth-order valence-electron chi connectivity index (χ4n) is 1.97. The Kier molecular flexibility index (Phi) is 5.22. The highest BCUT2D eigenvalue weighted by Gasteiger charge is 2.07. The maximum Gasteiger partial charge on any atom is 0.161 e. The van der Waals surface area contributed by atoms with Gasteiger partial charge in [-0.05, 0) is 17.7 Å². The second-order valence-corrected chi connectivity index (χ2v) is 5.33. The van der Waals surface area contributed by atoms with Gasteiger partial charge in [-0.3, -0.25) is 4.68 Å². The largest absolute Gasteiger partial charge is 0.493 e. The molecular weight excluding hydrogens is 266 g/mol. The van der Waals surface area contributed by atoms with Gasteiger partial charge in [0.25, 0.3) is 0 Å². The fourth-order valence-corrected chi connectivity index (χ4v) is 1.97. The third kappa shape index (κ3) is 4.49. The first-order valence-electron chi connectivity index (χ1n) is 7.09. The predicted molar refractivity (Wildman–Crippen MR) is 82.5 cm³/mol. The van der Waals surface area contributed by atoms with E-state index in [4.69, 9.17) is 9.47 Å². The van der Waals surface area contributed by atoms with Crippen molar-refractivity contribution in [1.29, 1.82) is 0 Å². The van der Waals surface area contributed by atoms with Crippen molar-refractivity contribution in [3.63, 3.8) is 0 Å². The number of aromatic nitrogens is 2. The van der Waals surface area contributed by atoms with Gasteiger partial charge >= 0.3 is 0 Å². The molecule has 0 saturated carbocycles. The second kappa shape index (κ2) is 7.13. The highest BCUT2D eigenvalue weighted by molar-refractivity contribution is 5.43. The molecule has 0 atom stereocenters. The van der Waals surface area contributed by atoms with Crippen molar-refractivity contribution in [3.8, 4) is 11.5 Å². The average Bonchev–Trinajstić information content (AvgIpc) is 2.88. The van der Waals surface area contributed by atoms with Gasteiger partial charge in [0, 0.05) is 31.4 Å². The first-order valence-corrected chi connectivity index (χ1v) is 7.09. The Morgan fingerprint density at radius 3 is 2.67 bits per heavy atom. The number of ether oxygens (including phenoxy) is 2. The normalized spacial score (nSPS) is 10.9. The summed E-state index contributed by atoms with van der Waals surface area (Å²) in [6.45, 7) is 5.55. The molecule has 0 aliphatic heterocycles. The van der Waals surface area contributed by atoms with Crippen LogP contribution in [-0.4, -0.2) is 22.9 Å². The SMILES string of the molecule is COc1cc(CNC(C)C)ccc1OCc1cnn(C)c1. The van der Waals surface area contributed by atoms with E-state index in [1.54, 1.807) is 18.0 Å². The summed E-state index contributed by atoms with van der Waals surface area (Å²) in [5.41, 5.74) is 2.21. The maximum atomic E-state index is 5.81. The Morgan fingerprint density at radius 1 is 1.24 bits per heavy atom. The van der Waals surface area contributed by atoms with Gasteiger partial charge in [-0.15, -0.1) is 0 Å². The Balaban J connectivity index is 2.01. The van der Waals surface area contributed by atoms with Gasteiger partial charge in [0.2, 0.25) is 0 Å². The minimum absolute atomic E-state index is 0.456. The molecule has 2 aromatic rings. The number of nitrogens with one attached hydrogen (secondary N) is 1. The van der Waals surface area contributed by atoms with Crippen LogP contribution in [0.2, 0.25) is 0 Å². The van der Waals surface area contributed by atoms with Crippen LogP contribution < -0.4 is 14.8 Å². The summed E-state index contributed by atoms with van der Waals surface area (Å²) in [5.74, 6) is 1.50. The lowest BCUT2D eigenvalue weighted by molar-refractivity contribution is 0.284. The van der Waals surface area contributed by atoms with Gasteiger partial charge in [0.05, 0.1) is 13.3 Å². The lowest BCUT2D eigenvalue weighted by Gasteiger charge is -2.13. The minimum Gasteiger partial charge on any atom is -0.493 e. The highest BCUT2D eigenvalue weighted by atomic mass is 16.5. The van der Waals surface area contributed by atoms with Crippen molar-refractivity contribution in [2.75, 3.05) is 7.11 Å². The van der Waals surface area contributed by atoms with Crippen LogP contribution in [0.5, 0.6) is 11.5 Å². The molecule has 5 heteroatoms. The zero-order valence-corrected chi connectivity index (χ0v) is 13.1. The molecule has 0 bridgehead atoms. The smallest absolute Gasteiger partial charge is 0.161 e. The van der Waals surface area contributed by atoms with Crippen LogP contribution >= 0.6 is 0 Å². The fraction of sp³-hybridized carbons (Fsp3) is 0.438. The zero-order valence-electron chi connectivity index (χ0n) is 13.1. The molecule has 5 nitrogen and oxygen atoms in total. The molecule has 0 aliphatic rings. The van der Waals surface area contributed by atoms with Crippen molar-refractivity contribution in [3.05, 3.63) is 41.7 Å². The second-order valence-electron chi connectivity index (χ2n) is 5.33. The van der Waals surface area contributed by atoms with Crippen LogP contribution in [-0.2, 0) is 20.2 Å². The molecule has 0 amide bonds. The van der Waals surface area contributed by atoms with E-state index in [1.807, 2.05) is 25.4 Å². The molecule has 1 heterocycles. The lowest BCUT2D eigenvalue weighted by Crippen LogP contribution is -2.21. The van der Waals surface area contributed by atoms with E-state index < -0.39 is 0 Å². The van der Waals surface area contributed by atoms with Crippen molar-refractivity contribution in [1.82, 2.24) is 15.1 Å². The number of nitrogens with zero attached hydrogens (tertiary/aromatic N) is 2. The number of hydrogen-bond donors (Lipinski definition) is 1. The van der Waals surface area contributed by atoms with Crippen molar-refractivity contribution < 1.29 is 9.47 Å². The van der Waals surface area contributed by atoms with E-state index in [-0.39, 0.29) is 0 Å². The van der Waals surface area contributed by atoms with Crippen molar-refractivity contribution in [2.24, 2.45) is 7.05 Å². The van der Waals surface area contributed by atoms with E-state index >= 15 is 0 Å². The van der Waals surface area contributed by atoms with Crippen LogP contribution in [0.3, 0.4) is 0 Å². The predicted octanol–water partition coefficient (Wildman–Crippen LogP) is 2.51. The maximum absolute atomic E-state index is 5.81. The number of benzene rings is 1. The highest BCUT2D eigenvalue weighted by Crippen LogP contribution is 2.28. The molecule has 1 aromatic carbocycles. The van der Waals surface area contributed by atoms with Gasteiger partial charge < -0.3 is 14.8 Å². The first-order chi connectivity index (χ1) is 10.1. The molecule has 0 saturated heterocycles. The van der Waals surface area contributed by atoms with Gasteiger partial charge in [-0.2, -0.15) is 5.10 Å². The number of hydrogen-bond acceptors (Lipinski definition) is 4. The van der Waals surface area contributed by atoms with Gasteiger partial charge in [-0.1, -0.05) is 19.9 Å². The molecule has 1 N–H and O–H groups in total. The zero-order chi connectivity index (χ0) is 15.2. The lowest BCUT2D eigenvalue weighted by atomic mass is 10.2. The summed E-state index contributed by atoms with van der Waals surface area (Å²) < 4.78 is 13.0. The van der Waals surface area contributed by atoms with Gasteiger partial charge in [0.1, 0.15) is 6.61 Å². The molecule has 0 fully saturated rings. The quantitative estimate of drug-likeness (QED) is 0.851. The monoisotopic (exact) mass is 289 g/mol. The van der Waals surface area contributed by atoms with Crippen LogP contribution in [0, 0.1) is 0 Å². The molecule has 21 heavy (non-hydrogen) atoms. The molecule has 2 rings (SSSR count). The van der Waals surface area contributed by atoms with E-state index in [1.165, 1.54) is 5.56 Å². The van der Waals surface area contributed by atoms with Crippen LogP contribution in [0.25, 0.3) is 0 Å². The van der Waals surface area contributed by atoms with E-state index in [2.05, 4.69) is 30.3 Å². The Morgan fingerprint density at radius 2 is 2.05 bits per heavy atom. The summed E-state index contributed by atoms with van der Waals surface area (Å²) in [6, 6.07) is 6.47. The Labute approximate surface area is 125 Å². The third-order valence-corrected chi connectivity index (χ3v) is 3.10. The van der Waals surface area contributed by atoms with E-state index in [9.17, 15) is 0 Å². The number of rotatable bonds is 7. The Hall–Kier alpha value is -2.01. The minimum atomic E-state index is 0.456. The van der Waals surface area contributed by atoms with Gasteiger partial charge in [-0.25, -0.2) is 0 Å². The molecule has 0 unspecified atom stereocenters. The summed E-state index contributed by atoms with van der Waals surface area (Å²) in [7, 11) is 3.55. The van der Waals surface area contributed by atoms with E-state index in [0.717, 1.165) is 23.6 Å². The standard InChI is InChI=1S/C16H23N3O2/c1-12(2)17-8-13-5-6-15(16(7-13)20-4)21-11-14-9-18-19(3)10-14/h5-7,9-10,12,17H,8,11H2,1-4H3. The number of aryl methyl sites for hydroxylation is 1. The summed E-state index contributed by atoms with van der Waals surface area (Å²) in [5, 5.41) is 7.51. The van der Waals surface area contributed by atoms with Crippen LogP contribution in [0.15, 0.2) is 30.6 Å². The topological polar surface area (TPSA) is 48.3 Å². The molecule has 0 radical (unpaired) electrons. The van der Waals surface area contributed by atoms with Gasteiger partial charge in [0.15, 0.2) is 11.5 Å².